The maximum Gasteiger partial charge on any atom is 0.0743 e. The summed E-state index contributed by atoms with van der Waals surface area (Å²) in [7, 11) is 0. The SMILES string of the molecule is CCC(C)(O)CN1CCC(C)CC1C. The molecule has 2 heteroatoms. The minimum absolute atomic E-state index is 0.505. The van der Waals surface area contributed by atoms with Gasteiger partial charge in [0.15, 0.2) is 0 Å². The highest BCUT2D eigenvalue weighted by atomic mass is 16.3. The summed E-state index contributed by atoms with van der Waals surface area (Å²) in [5.41, 5.74) is -0.505. The van der Waals surface area contributed by atoms with Gasteiger partial charge in [-0.1, -0.05) is 13.8 Å². The summed E-state index contributed by atoms with van der Waals surface area (Å²) < 4.78 is 0. The van der Waals surface area contributed by atoms with E-state index in [9.17, 15) is 5.11 Å². The van der Waals surface area contributed by atoms with Gasteiger partial charge in [0, 0.05) is 12.6 Å². The van der Waals surface area contributed by atoms with Gasteiger partial charge in [0.2, 0.25) is 0 Å². The smallest absolute Gasteiger partial charge is 0.0743 e. The van der Waals surface area contributed by atoms with Crippen LogP contribution in [0.15, 0.2) is 0 Å². The molecule has 1 N–H and O–H groups in total. The first kappa shape index (κ1) is 12.0. The molecule has 0 bridgehead atoms. The molecule has 0 aromatic heterocycles. The Bertz CT molecular complexity index is 179. The van der Waals surface area contributed by atoms with E-state index in [0.29, 0.717) is 6.04 Å². The summed E-state index contributed by atoms with van der Waals surface area (Å²) in [5.74, 6) is 0.854. The number of rotatable bonds is 3. The fraction of sp³-hybridized carbons (Fsp3) is 1.00. The van der Waals surface area contributed by atoms with Crippen molar-refractivity contribution in [1.82, 2.24) is 4.90 Å². The van der Waals surface area contributed by atoms with Gasteiger partial charge in [-0.3, -0.25) is 4.90 Å². The third-order valence-corrected chi connectivity index (χ3v) is 3.58. The van der Waals surface area contributed by atoms with E-state index in [1.807, 2.05) is 6.92 Å². The van der Waals surface area contributed by atoms with Crippen LogP contribution < -0.4 is 0 Å². The number of hydrogen-bond acceptors (Lipinski definition) is 2. The lowest BCUT2D eigenvalue weighted by Gasteiger charge is -2.40. The van der Waals surface area contributed by atoms with Crippen LogP contribution in [0.1, 0.15) is 47.0 Å². The highest BCUT2D eigenvalue weighted by Gasteiger charge is 2.28. The summed E-state index contributed by atoms with van der Waals surface area (Å²) in [5, 5.41) is 10.0. The Hall–Kier alpha value is -0.0800. The molecule has 0 saturated carbocycles. The maximum absolute atomic E-state index is 10.0. The van der Waals surface area contributed by atoms with Crippen LogP contribution in [0.4, 0.5) is 0 Å². The molecule has 2 nitrogen and oxygen atoms in total. The van der Waals surface area contributed by atoms with E-state index in [4.69, 9.17) is 0 Å². The zero-order valence-electron chi connectivity index (χ0n) is 10.1. The second-order valence-electron chi connectivity index (χ2n) is 5.30. The van der Waals surface area contributed by atoms with Gasteiger partial charge < -0.3 is 5.11 Å². The first-order valence-corrected chi connectivity index (χ1v) is 5.91. The van der Waals surface area contributed by atoms with E-state index >= 15 is 0 Å². The number of piperidine rings is 1. The average molecular weight is 199 g/mol. The summed E-state index contributed by atoms with van der Waals surface area (Å²) in [6.07, 6.45) is 3.40. The van der Waals surface area contributed by atoms with Gasteiger partial charge in [-0.25, -0.2) is 0 Å². The number of aliphatic hydroxyl groups is 1. The molecule has 1 aliphatic rings. The highest BCUT2D eigenvalue weighted by molar-refractivity contribution is 4.83. The molecule has 1 rings (SSSR count). The highest BCUT2D eigenvalue weighted by Crippen LogP contribution is 2.24. The molecule has 1 saturated heterocycles. The van der Waals surface area contributed by atoms with E-state index in [0.717, 1.165) is 25.4 Å². The largest absolute Gasteiger partial charge is 0.389 e. The second-order valence-corrected chi connectivity index (χ2v) is 5.30. The molecule has 14 heavy (non-hydrogen) atoms. The van der Waals surface area contributed by atoms with Gasteiger partial charge in [0.05, 0.1) is 5.60 Å². The Kier molecular flexibility index (Phi) is 3.96. The summed E-state index contributed by atoms with van der Waals surface area (Å²) in [6, 6.07) is 0.636. The van der Waals surface area contributed by atoms with Crippen LogP contribution in [0.5, 0.6) is 0 Å². The van der Waals surface area contributed by atoms with Crippen LogP contribution >= 0.6 is 0 Å². The molecule has 0 radical (unpaired) electrons. The molecule has 0 aromatic rings. The lowest BCUT2D eigenvalue weighted by molar-refractivity contribution is -0.00880. The Morgan fingerprint density at radius 2 is 2.07 bits per heavy atom. The van der Waals surface area contributed by atoms with Crippen LogP contribution in [0.2, 0.25) is 0 Å². The summed E-state index contributed by atoms with van der Waals surface area (Å²) >= 11 is 0. The topological polar surface area (TPSA) is 23.5 Å². The Balaban J connectivity index is 2.45. The fourth-order valence-electron chi connectivity index (χ4n) is 2.24. The fourth-order valence-corrected chi connectivity index (χ4v) is 2.24. The van der Waals surface area contributed by atoms with Crippen LogP contribution in [-0.4, -0.2) is 34.7 Å². The molecule has 1 heterocycles. The van der Waals surface area contributed by atoms with Crippen molar-refractivity contribution in [3.05, 3.63) is 0 Å². The predicted molar refractivity (Wildman–Crippen MR) is 60.3 cm³/mol. The summed E-state index contributed by atoms with van der Waals surface area (Å²) in [4.78, 5) is 2.43. The lowest BCUT2D eigenvalue weighted by atomic mass is 9.91. The standard InChI is InChI=1S/C12H25NO/c1-5-12(4,14)9-13-7-6-10(2)8-11(13)3/h10-11,14H,5-9H2,1-4H3. The Morgan fingerprint density at radius 1 is 1.43 bits per heavy atom. The van der Waals surface area contributed by atoms with E-state index in [-0.39, 0.29) is 0 Å². The van der Waals surface area contributed by atoms with E-state index < -0.39 is 5.60 Å². The normalized spacial score (nSPS) is 34.1. The van der Waals surface area contributed by atoms with Crippen LogP contribution in [0.25, 0.3) is 0 Å². The third-order valence-electron chi connectivity index (χ3n) is 3.58. The van der Waals surface area contributed by atoms with Crippen molar-refractivity contribution in [1.29, 1.82) is 0 Å². The molecular formula is C12H25NO. The number of β-amino-alcohol motifs (C(OH)–C–C–N with tert-alkyl or cyclic N) is 1. The van der Waals surface area contributed by atoms with Crippen molar-refractivity contribution in [2.24, 2.45) is 5.92 Å². The van der Waals surface area contributed by atoms with Gasteiger partial charge in [-0.15, -0.1) is 0 Å². The van der Waals surface area contributed by atoms with Gasteiger partial charge in [0.25, 0.3) is 0 Å². The quantitative estimate of drug-likeness (QED) is 0.753. The van der Waals surface area contributed by atoms with Crippen molar-refractivity contribution in [2.45, 2.75) is 58.6 Å². The molecule has 1 aliphatic heterocycles. The molecule has 3 atom stereocenters. The first-order chi connectivity index (χ1) is 6.44. The monoisotopic (exact) mass is 199 g/mol. The molecule has 0 aliphatic carbocycles. The van der Waals surface area contributed by atoms with E-state index in [1.165, 1.54) is 12.8 Å². The molecule has 84 valence electrons. The second kappa shape index (κ2) is 4.63. The number of likely N-dealkylation sites (tertiary alicyclic amines) is 1. The average Bonchev–Trinajstić information content (AvgIpc) is 2.10. The van der Waals surface area contributed by atoms with Crippen LogP contribution in [0.3, 0.4) is 0 Å². The summed E-state index contributed by atoms with van der Waals surface area (Å²) in [6.45, 7) is 10.6. The number of nitrogens with zero attached hydrogens (tertiary/aromatic N) is 1. The zero-order valence-corrected chi connectivity index (χ0v) is 10.1. The minimum Gasteiger partial charge on any atom is -0.389 e. The van der Waals surface area contributed by atoms with Gasteiger partial charge in [0.1, 0.15) is 0 Å². The number of hydrogen-bond donors (Lipinski definition) is 1. The predicted octanol–water partition coefficient (Wildman–Crippen LogP) is 2.27. The van der Waals surface area contributed by atoms with Crippen LogP contribution in [0, 0.1) is 5.92 Å². The van der Waals surface area contributed by atoms with Gasteiger partial charge in [-0.05, 0) is 45.6 Å². The molecule has 0 spiro atoms. The van der Waals surface area contributed by atoms with E-state index in [1.54, 1.807) is 0 Å². The molecule has 1 fully saturated rings. The Morgan fingerprint density at radius 3 is 2.57 bits per heavy atom. The molecule has 0 amide bonds. The maximum atomic E-state index is 10.0. The van der Waals surface area contributed by atoms with Crippen molar-refractivity contribution in [3.63, 3.8) is 0 Å². The Labute approximate surface area is 88.3 Å². The van der Waals surface area contributed by atoms with Crippen molar-refractivity contribution < 1.29 is 5.11 Å². The molecular weight excluding hydrogens is 174 g/mol. The zero-order chi connectivity index (χ0) is 10.8. The third kappa shape index (κ3) is 3.25. The lowest BCUT2D eigenvalue weighted by Crippen LogP contribution is -2.48. The minimum atomic E-state index is -0.505. The van der Waals surface area contributed by atoms with Gasteiger partial charge in [-0.2, -0.15) is 0 Å². The van der Waals surface area contributed by atoms with Gasteiger partial charge >= 0.3 is 0 Å². The molecule has 3 unspecified atom stereocenters. The first-order valence-electron chi connectivity index (χ1n) is 5.91. The van der Waals surface area contributed by atoms with Crippen molar-refractivity contribution in [2.75, 3.05) is 13.1 Å². The molecule has 0 aromatic carbocycles. The van der Waals surface area contributed by atoms with E-state index in [2.05, 4.69) is 25.7 Å². The van der Waals surface area contributed by atoms with Crippen molar-refractivity contribution >= 4 is 0 Å². The van der Waals surface area contributed by atoms with Crippen molar-refractivity contribution in [3.8, 4) is 0 Å². The van der Waals surface area contributed by atoms with Crippen LogP contribution in [-0.2, 0) is 0 Å².